The summed E-state index contributed by atoms with van der Waals surface area (Å²) in [7, 11) is 2.64. The minimum atomic E-state index is -1.15. The third-order valence-electron chi connectivity index (χ3n) is 8.73. The first-order chi connectivity index (χ1) is 21.5. The van der Waals surface area contributed by atoms with Crippen molar-refractivity contribution in [3.05, 3.63) is 119 Å². The number of carboxylic acids is 1. The Morgan fingerprint density at radius 3 is 1.45 bits per heavy atom. The predicted octanol–water partition coefficient (Wildman–Crippen LogP) is 7.29. The summed E-state index contributed by atoms with van der Waals surface area (Å²) in [6.45, 7) is 0.347. The number of fused-ring (bicyclic) bond motifs is 6. The molecule has 0 saturated heterocycles. The number of carbonyl (C=O) groups excluding carboxylic acids is 2. The van der Waals surface area contributed by atoms with Crippen molar-refractivity contribution in [3.8, 4) is 22.3 Å². The summed E-state index contributed by atoms with van der Waals surface area (Å²) in [6.07, 6.45) is -0.0230. The Hall–Kier alpha value is -5.11. The summed E-state index contributed by atoms with van der Waals surface area (Å²) < 4.78 is 10.4. The molecule has 0 spiro atoms. The van der Waals surface area contributed by atoms with Crippen LogP contribution >= 0.6 is 0 Å². The maximum absolute atomic E-state index is 13.3. The molecule has 8 nitrogen and oxygen atoms in total. The van der Waals surface area contributed by atoms with Gasteiger partial charge in [-0.3, -0.25) is 9.80 Å². The Morgan fingerprint density at radius 1 is 0.636 bits per heavy atom. The lowest BCUT2D eigenvalue weighted by atomic mass is 9.99. The second-order valence-corrected chi connectivity index (χ2v) is 11.0. The van der Waals surface area contributed by atoms with E-state index >= 15 is 0 Å². The Bertz CT molecular complexity index is 1630. The monoisotopic (exact) mass is 590 g/mol. The van der Waals surface area contributed by atoms with Crippen LogP contribution in [0.15, 0.2) is 97.1 Å². The SMILES string of the molecule is COC(=O)N(CCCC[C@@H](C(=O)O)N(C(=O)OC)C1c2ccccc2-c2ccccc21)C1c2ccccc2-c2ccccc21. The molecule has 1 atom stereocenters. The van der Waals surface area contributed by atoms with Crippen LogP contribution in [0.5, 0.6) is 0 Å². The third kappa shape index (κ3) is 4.96. The van der Waals surface area contributed by atoms with E-state index in [-0.39, 0.29) is 12.5 Å². The molecule has 2 aliphatic carbocycles. The summed E-state index contributed by atoms with van der Waals surface area (Å²) in [5, 5.41) is 10.4. The quantitative estimate of drug-likeness (QED) is 0.206. The number of carbonyl (C=O) groups is 3. The van der Waals surface area contributed by atoms with Crippen LogP contribution in [0.2, 0.25) is 0 Å². The molecule has 4 aromatic rings. The number of carboxylic acid groups (broad SMARTS) is 1. The first-order valence-corrected chi connectivity index (χ1v) is 14.8. The van der Waals surface area contributed by atoms with Gasteiger partial charge in [0.1, 0.15) is 6.04 Å². The Morgan fingerprint density at radius 2 is 1.05 bits per heavy atom. The van der Waals surface area contributed by atoms with Crippen molar-refractivity contribution >= 4 is 18.2 Å². The molecule has 8 heteroatoms. The van der Waals surface area contributed by atoms with E-state index < -0.39 is 30.2 Å². The number of unbranched alkanes of at least 4 members (excludes halogenated alkanes) is 1. The fourth-order valence-corrected chi connectivity index (χ4v) is 6.86. The van der Waals surface area contributed by atoms with Gasteiger partial charge in [0.15, 0.2) is 0 Å². The van der Waals surface area contributed by atoms with Gasteiger partial charge in [0.05, 0.1) is 26.3 Å². The largest absolute Gasteiger partial charge is 0.480 e. The van der Waals surface area contributed by atoms with Crippen LogP contribution in [0.25, 0.3) is 22.3 Å². The maximum atomic E-state index is 13.3. The number of methoxy groups -OCH3 is 2. The van der Waals surface area contributed by atoms with E-state index in [9.17, 15) is 19.5 Å². The average molecular weight is 591 g/mol. The van der Waals surface area contributed by atoms with E-state index in [2.05, 4.69) is 12.1 Å². The summed E-state index contributed by atoms with van der Waals surface area (Å²) in [5.41, 5.74) is 7.88. The lowest BCUT2D eigenvalue weighted by Gasteiger charge is -2.34. The number of aliphatic carboxylic acids is 1. The molecule has 44 heavy (non-hydrogen) atoms. The van der Waals surface area contributed by atoms with Crippen molar-refractivity contribution in [1.82, 2.24) is 9.80 Å². The highest BCUT2D eigenvalue weighted by molar-refractivity contribution is 5.85. The zero-order valence-electron chi connectivity index (χ0n) is 24.7. The number of hydrogen-bond acceptors (Lipinski definition) is 5. The van der Waals surface area contributed by atoms with Crippen LogP contribution in [0.3, 0.4) is 0 Å². The van der Waals surface area contributed by atoms with Gasteiger partial charge in [0, 0.05) is 6.54 Å². The molecule has 0 aromatic heterocycles. The molecule has 2 aliphatic rings. The molecule has 0 heterocycles. The van der Waals surface area contributed by atoms with Gasteiger partial charge in [0.25, 0.3) is 0 Å². The molecule has 0 fully saturated rings. The molecule has 0 saturated carbocycles. The van der Waals surface area contributed by atoms with Crippen molar-refractivity contribution in [2.45, 2.75) is 37.4 Å². The minimum Gasteiger partial charge on any atom is -0.480 e. The van der Waals surface area contributed by atoms with Gasteiger partial charge in [-0.25, -0.2) is 14.4 Å². The van der Waals surface area contributed by atoms with Crippen LogP contribution < -0.4 is 0 Å². The Kier molecular flexibility index (Phi) is 8.07. The molecule has 6 rings (SSSR count). The van der Waals surface area contributed by atoms with Gasteiger partial charge in [-0.15, -0.1) is 0 Å². The Balaban J connectivity index is 1.25. The van der Waals surface area contributed by atoms with E-state index in [1.165, 1.54) is 19.1 Å². The topological polar surface area (TPSA) is 96.4 Å². The van der Waals surface area contributed by atoms with Crippen molar-refractivity contribution in [2.75, 3.05) is 20.8 Å². The lowest BCUT2D eigenvalue weighted by Crippen LogP contribution is -2.47. The van der Waals surface area contributed by atoms with E-state index in [4.69, 9.17) is 9.47 Å². The predicted molar refractivity (Wildman–Crippen MR) is 166 cm³/mol. The van der Waals surface area contributed by atoms with Crippen LogP contribution in [-0.2, 0) is 14.3 Å². The Labute approximate surface area is 256 Å². The second-order valence-electron chi connectivity index (χ2n) is 11.0. The number of benzene rings is 4. The van der Waals surface area contributed by atoms with Gasteiger partial charge in [-0.05, 0) is 63.8 Å². The zero-order chi connectivity index (χ0) is 30.8. The summed E-state index contributed by atoms with van der Waals surface area (Å²) >= 11 is 0. The standard InChI is InChI=1S/C36H34N2O6/c1-43-35(41)37(32-27-17-7-3-13-23(27)24-14-4-8-18-28(24)32)22-12-11-21-31(34(39)40)38(36(42)44-2)33-29-19-9-5-15-25(29)26-16-6-10-20-30(26)33/h3-10,13-20,31-33H,11-12,21-22H2,1-2H3,(H,39,40)/t31-/m0/s1. The molecule has 2 amide bonds. The number of amides is 2. The highest BCUT2D eigenvalue weighted by atomic mass is 16.5. The molecular formula is C36H34N2O6. The number of rotatable bonds is 9. The molecule has 4 aromatic carbocycles. The normalized spacial score (nSPS) is 13.7. The van der Waals surface area contributed by atoms with Crippen LogP contribution in [0, 0.1) is 0 Å². The van der Waals surface area contributed by atoms with E-state index in [0.29, 0.717) is 19.4 Å². The highest BCUT2D eigenvalue weighted by Crippen LogP contribution is 2.48. The van der Waals surface area contributed by atoms with Crippen LogP contribution in [-0.4, -0.2) is 59.9 Å². The van der Waals surface area contributed by atoms with Crippen LogP contribution in [0.1, 0.15) is 53.6 Å². The fraction of sp³-hybridized carbons (Fsp3) is 0.250. The molecule has 1 N–H and O–H groups in total. The first-order valence-electron chi connectivity index (χ1n) is 14.8. The number of nitrogens with zero attached hydrogens (tertiary/aromatic N) is 2. The summed E-state index contributed by atoms with van der Waals surface area (Å²) in [5.74, 6) is -1.11. The third-order valence-corrected chi connectivity index (χ3v) is 8.73. The molecular weight excluding hydrogens is 556 g/mol. The van der Waals surface area contributed by atoms with E-state index in [1.807, 2.05) is 84.9 Å². The average Bonchev–Trinajstić information content (AvgIpc) is 3.56. The molecule has 0 radical (unpaired) electrons. The van der Waals surface area contributed by atoms with Crippen molar-refractivity contribution in [1.29, 1.82) is 0 Å². The van der Waals surface area contributed by atoms with E-state index in [1.54, 1.807) is 4.90 Å². The van der Waals surface area contributed by atoms with Crippen molar-refractivity contribution in [3.63, 3.8) is 0 Å². The maximum Gasteiger partial charge on any atom is 0.411 e. The fourth-order valence-electron chi connectivity index (χ4n) is 6.86. The van der Waals surface area contributed by atoms with Crippen molar-refractivity contribution in [2.24, 2.45) is 0 Å². The van der Waals surface area contributed by atoms with Gasteiger partial charge in [-0.2, -0.15) is 0 Å². The summed E-state index contributed by atoms with van der Waals surface area (Å²) in [4.78, 5) is 42.3. The number of ether oxygens (including phenoxy) is 2. The molecule has 224 valence electrons. The second kappa shape index (κ2) is 12.2. The smallest absolute Gasteiger partial charge is 0.411 e. The minimum absolute atomic E-state index is 0.179. The van der Waals surface area contributed by atoms with Crippen molar-refractivity contribution < 1.29 is 29.0 Å². The van der Waals surface area contributed by atoms with Gasteiger partial charge < -0.3 is 14.6 Å². The highest BCUT2D eigenvalue weighted by Gasteiger charge is 2.42. The molecule has 0 unspecified atom stereocenters. The number of hydrogen-bond donors (Lipinski definition) is 1. The van der Waals surface area contributed by atoms with Crippen LogP contribution in [0.4, 0.5) is 9.59 Å². The molecule has 0 bridgehead atoms. The molecule has 0 aliphatic heterocycles. The van der Waals surface area contributed by atoms with Gasteiger partial charge >= 0.3 is 18.2 Å². The van der Waals surface area contributed by atoms with Gasteiger partial charge in [-0.1, -0.05) is 97.1 Å². The summed E-state index contributed by atoms with van der Waals surface area (Å²) in [6, 6.07) is 29.5. The van der Waals surface area contributed by atoms with E-state index in [0.717, 1.165) is 44.5 Å². The first kappa shape index (κ1) is 29.0. The lowest BCUT2D eigenvalue weighted by molar-refractivity contribution is -0.143. The van der Waals surface area contributed by atoms with Gasteiger partial charge in [0.2, 0.25) is 0 Å². The zero-order valence-corrected chi connectivity index (χ0v) is 24.7.